The monoisotopic (exact) mass is 378 g/mol. The molecule has 26 heavy (non-hydrogen) atoms. The zero-order valence-electron chi connectivity index (χ0n) is 15.2. The molecule has 8 heteroatoms. The molecule has 7 nitrogen and oxygen atoms in total. The van der Waals surface area contributed by atoms with E-state index in [2.05, 4.69) is 20.4 Å². The van der Waals surface area contributed by atoms with Gasteiger partial charge in [0.2, 0.25) is 11.8 Å². The highest BCUT2D eigenvalue weighted by atomic mass is 35.5. The molecule has 140 valence electrons. The van der Waals surface area contributed by atoms with Crippen molar-refractivity contribution in [3.05, 3.63) is 34.4 Å². The molecule has 1 amide bonds. The van der Waals surface area contributed by atoms with Crippen LogP contribution in [0.5, 0.6) is 5.75 Å². The lowest BCUT2D eigenvalue weighted by molar-refractivity contribution is -0.117. The summed E-state index contributed by atoms with van der Waals surface area (Å²) in [6, 6.07) is 3.53. The van der Waals surface area contributed by atoms with Crippen LogP contribution in [-0.2, 0) is 4.79 Å². The predicted octanol–water partition coefficient (Wildman–Crippen LogP) is 3.17. The van der Waals surface area contributed by atoms with Crippen molar-refractivity contribution in [1.82, 2.24) is 15.0 Å². The van der Waals surface area contributed by atoms with E-state index in [4.69, 9.17) is 20.9 Å². The van der Waals surface area contributed by atoms with Gasteiger partial charge in [-0.15, -0.1) is 0 Å². The van der Waals surface area contributed by atoms with Gasteiger partial charge in [-0.3, -0.25) is 9.69 Å². The zero-order chi connectivity index (χ0) is 18.7. The summed E-state index contributed by atoms with van der Waals surface area (Å²) in [6.07, 6.45) is 1.98. The molecule has 1 aromatic carbocycles. The van der Waals surface area contributed by atoms with Crippen molar-refractivity contribution in [2.45, 2.75) is 32.6 Å². The molecule has 1 aliphatic heterocycles. The summed E-state index contributed by atoms with van der Waals surface area (Å²) in [5.74, 6) is 1.92. The van der Waals surface area contributed by atoms with E-state index in [0.717, 1.165) is 31.5 Å². The SMILES string of the molecule is COc1cc(Cl)c(C)cc1NC(=O)CN1CCCC(c2nc(C)no2)C1. The molecule has 0 bridgehead atoms. The lowest BCUT2D eigenvalue weighted by Gasteiger charge is -2.30. The Morgan fingerprint density at radius 1 is 1.46 bits per heavy atom. The minimum Gasteiger partial charge on any atom is -0.495 e. The molecule has 3 rings (SSSR count). The molecular weight excluding hydrogens is 356 g/mol. The van der Waals surface area contributed by atoms with Crippen LogP contribution >= 0.6 is 11.6 Å². The summed E-state index contributed by atoms with van der Waals surface area (Å²) in [5.41, 5.74) is 1.51. The number of nitrogens with one attached hydrogen (secondary N) is 1. The van der Waals surface area contributed by atoms with Crippen LogP contribution in [0.4, 0.5) is 5.69 Å². The lowest BCUT2D eigenvalue weighted by atomic mass is 9.98. The summed E-state index contributed by atoms with van der Waals surface area (Å²) in [4.78, 5) is 18.9. The first-order valence-electron chi connectivity index (χ1n) is 8.63. The van der Waals surface area contributed by atoms with Crippen molar-refractivity contribution in [2.24, 2.45) is 0 Å². The number of hydrogen-bond acceptors (Lipinski definition) is 6. The Morgan fingerprint density at radius 3 is 2.96 bits per heavy atom. The van der Waals surface area contributed by atoms with Gasteiger partial charge in [-0.25, -0.2) is 0 Å². The number of ether oxygens (including phenoxy) is 1. The number of aryl methyl sites for hydroxylation is 2. The summed E-state index contributed by atoms with van der Waals surface area (Å²) in [7, 11) is 1.55. The molecule has 0 spiro atoms. The van der Waals surface area contributed by atoms with E-state index < -0.39 is 0 Å². The number of amides is 1. The molecule has 1 saturated heterocycles. The van der Waals surface area contributed by atoms with Crippen molar-refractivity contribution in [3.63, 3.8) is 0 Å². The smallest absolute Gasteiger partial charge is 0.238 e. The summed E-state index contributed by atoms with van der Waals surface area (Å²) < 4.78 is 10.6. The fourth-order valence-corrected chi connectivity index (χ4v) is 3.36. The van der Waals surface area contributed by atoms with Gasteiger partial charge in [0.25, 0.3) is 0 Å². The number of anilines is 1. The molecule has 0 saturated carbocycles. The Hall–Kier alpha value is -2.12. The van der Waals surface area contributed by atoms with E-state index in [-0.39, 0.29) is 11.8 Å². The number of carbonyl (C=O) groups is 1. The Morgan fingerprint density at radius 2 is 2.27 bits per heavy atom. The number of methoxy groups -OCH3 is 1. The third kappa shape index (κ3) is 4.34. The molecule has 2 heterocycles. The standard InChI is InChI=1S/C18H23ClN4O3/c1-11-7-15(16(25-3)8-14(11)19)21-17(24)10-23-6-4-5-13(9-23)18-20-12(2)22-26-18/h7-8,13H,4-6,9-10H2,1-3H3,(H,21,24). The van der Waals surface area contributed by atoms with Crippen molar-refractivity contribution >= 4 is 23.2 Å². The minimum atomic E-state index is -0.0904. The van der Waals surface area contributed by atoms with Crippen LogP contribution in [0.1, 0.15) is 36.0 Å². The quantitative estimate of drug-likeness (QED) is 0.860. The van der Waals surface area contributed by atoms with E-state index in [1.165, 1.54) is 0 Å². The first-order valence-corrected chi connectivity index (χ1v) is 9.00. The van der Waals surface area contributed by atoms with E-state index in [1.807, 2.05) is 19.9 Å². The van der Waals surface area contributed by atoms with Crippen LogP contribution in [0.25, 0.3) is 0 Å². The number of likely N-dealkylation sites (tertiary alicyclic amines) is 1. The Labute approximate surface area is 157 Å². The minimum absolute atomic E-state index is 0.0904. The Kier molecular flexibility index (Phi) is 5.78. The van der Waals surface area contributed by atoms with Crippen LogP contribution in [0, 0.1) is 13.8 Å². The van der Waals surface area contributed by atoms with Gasteiger partial charge >= 0.3 is 0 Å². The van der Waals surface area contributed by atoms with E-state index in [0.29, 0.717) is 34.7 Å². The molecule has 0 aliphatic carbocycles. The number of aromatic nitrogens is 2. The maximum Gasteiger partial charge on any atom is 0.238 e. The number of nitrogens with zero attached hydrogens (tertiary/aromatic N) is 3. The molecular formula is C18H23ClN4O3. The largest absolute Gasteiger partial charge is 0.495 e. The van der Waals surface area contributed by atoms with Gasteiger partial charge in [-0.2, -0.15) is 4.98 Å². The number of rotatable bonds is 5. The summed E-state index contributed by atoms with van der Waals surface area (Å²) in [6.45, 7) is 5.59. The molecule has 1 atom stereocenters. The normalized spacial score (nSPS) is 17.9. The number of piperidine rings is 1. The molecule has 1 aliphatic rings. The van der Waals surface area contributed by atoms with Crippen molar-refractivity contribution < 1.29 is 14.1 Å². The number of halogens is 1. The van der Waals surface area contributed by atoms with Gasteiger partial charge in [-0.05, 0) is 44.9 Å². The van der Waals surface area contributed by atoms with Crippen LogP contribution < -0.4 is 10.1 Å². The predicted molar refractivity (Wildman–Crippen MR) is 98.8 cm³/mol. The highest BCUT2D eigenvalue weighted by Crippen LogP contribution is 2.31. The number of benzene rings is 1. The first-order chi connectivity index (χ1) is 12.5. The Balaban J connectivity index is 1.62. The average molecular weight is 379 g/mol. The molecule has 1 N–H and O–H groups in total. The maximum atomic E-state index is 12.5. The van der Waals surface area contributed by atoms with Crippen LogP contribution in [0.3, 0.4) is 0 Å². The highest BCUT2D eigenvalue weighted by Gasteiger charge is 2.26. The second-order valence-electron chi connectivity index (χ2n) is 6.60. The number of hydrogen-bond donors (Lipinski definition) is 1. The van der Waals surface area contributed by atoms with Crippen molar-refractivity contribution in [2.75, 3.05) is 32.1 Å². The second-order valence-corrected chi connectivity index (χ2v) is 7.01. The van der Waals surface area contributed by atoms with Crippen LogP contribution in [0.15, 0.2) is 16.7 Å². The average Bonchev–Trinajstić information content (AvgIpc) is 3.04. The molecule has 1 fully saturated rings. The Bertz CT molecular complexity index is 793. The fraction of sp³-hybridized carbons (Fsp3) is 0.500. The van der Waals surface area contributed by atoms with Gasteiger partial charge < -0.3 is 14.6 Å². The fourth-order valence-electron chi connectivity index (χ4n) is 3.20. The molecule has 0 radical (unpaired) electrons. The first kappa shape index (κ1) is 18.7. The van der Waals surface area contributed by atoms with Crippen molar-refractivity contribution in [3.8, 4) is 5.75 Å². The van der Waals surface area contributed by atoms with Gasteiger partial charge in [0.1, 0.15) is 5.75 Å². The molecule has 1 aromatic heterocycles. The topological polar surface area (TPSA) is 80.5 Å². The van der Waals surface area contributed by atoms with Gasteiger partial charge in [0.05, 0.1) is 25.3 Å². The third-order valence-corrected chi connectivity index (χ3v) is 4.93. The van der Waals surface area contributed by atoms with E-state index in [9.17, 15) is 4.79 Å². The summed E-state index contributed by atoms with van der Waals surface area (Å²) >= 11 is 6.11. The van der Waals surface area contributed by atoms with E-state index >= 15 is 0 Å². The van der Waals surface area contributed by atoms with Gasteiger partial charge in [0, 0.05) is 17.6 Å². The summed E-state index contributed by atoms with van der Waals surface area (Å²) in [5, 5.41) is 7.38. The van der Waals surface area contributed by atoms with Crippen molar-refractivity contribution in [1.29, 1.82) is 0 Å². The third-order valence-electron chi connectivity index (χ3n) is 4.52. The second kappa shape index (κ2) is 8.05. The van der Waals surface area contributed by atoms with Crippen LogP contribution in [0.2, 0.25) is 5.02 Å². The highest BCUT2D eigenvalue weighted by molar-refractivity contribution is 6.31. The lowest BCUT2D eigenvalue weighted by Crippen LogP contribution is -2.39. The molecule has 2 aromatic rings. The zero-order valence-corrected chi connectivity index (χ0v) is 16.0. The van der Waals surface area contributed by atoms with Crippen LogP contribution in [-0.4, -0.2) is 47.7 Å². The van der Waals surface area contributed by atoms with Gasteiger partial charge in [0.15, 0.2) is 5.82 Å². The maximum absolute atomic E-state index is 12.5. The van der Waals surface area contributed by atoms with Gasteiger partial charge in [-0.1, -0.05) is 16.8 Å². The van der Waals surface area contributed by atoms with E-state index in [1.54, 1.807) is 13.2 Å². The molecule has 1 unspecified atom stereocenters. The number of carbonyl (C=O) groups excluding carboxylic acids is 1.